The molecule has 7 heteroatoms. The molecule has 0 aromatic carbocycles. The third-order valence-electron chi connectivity index (χ3n) is 3.64. The van der Waals surface area contributed by atoms with E-state index >= 15 is 0 Å². The van der Waals surface area contributed by atoms with Crippen molar-refractivity contribution in [3.05, 3.63) is 41.3 Å². The molecule has 1 unspecified atom stereocenters. The summed E-state index contributed by atoms with van der Waals surface area (Å²) in [5.41, 5.74) is 0.384. The van der Waals surface area contributed by atoms with Gasteiger partial charge in [0.1, 0.15) is 5.69 Å². The predicted octanol–water partition coefficient (Wildman–Crippen LogP) is 2.88. The quantitative estimate of drug-likeness (QED) is 0.853. The van der Waals surface area contributed by atoms with Crippen LogP contribution in [0.5, 0.6) is 0 Å². The van der Waals surface area contributed by atoms with Crippen LogP contribution in [0.15, 0.2) is 29.2 Å². The average molecular weight is 307 g/mol. The number of likely N-dealkylation sites (tertiary alicyclic amines) is 1. The third-order valence-corrected chi connectivity index (χ3v) is 3.86. The summed E-state index contributed by atoms with van der Waals surface area (Å²) in [6, 6.07) is 3.16. The van der Waals surface area contributed by atoms with E-state index in [0.29, 0.717) is 23.1 Å². The lowest BCUT2D eigenvalue weighted by molar-refractivity contribution is 0.0664. The van der Waals surface area contributed by atoms with Crippen molar-refractivity contribution in [3.8, 4) is 0 Å². The summed E-state index contributed by atoms with van der Waals surface area (Å²) >= 11 is 5.82. The Balaban J connectivity index is 1.88. The molecule has 6 nitrogen and oxygen atoms in total. The minimum atomic E-state index is -0.156. The van der Waals surface area contributed by atoms with Crippen LogP contribution < -0.4 is 0 Å². The molecule has 3 heterocycles. The minimum Gasteiger partial charge on any atom is -0.343 e. The van der Waals surface area contributed by atoms with Crippen LogP contribution in [0.2, 0.25) is 5.02 Å². The first-order valence-electron chi connectivity index (χ1n) is 6.94. The summed E-state index contributed by atoms with van der Waals surface area (Å²) in [6.07, 6.45) is 6.70. The average Bonchev–Trinajstić information content (AvgIpc) is 2.92. The number of amides is 1. The van der Waals surface area contributed by atoms with Crippen molar-refractivity contribution in [2.45, 2.75) is 31.7 Å². The second-order valence-corrected chi connectivity index (χ2v) is 5.45. The number of nitrogens with zero attached hydrogens (tertiary/aromatic N) is 4. The number of rotatable bonds is 2. The van der Waals surface area contributed by atoms with Crippen molar-refractivity contribution in [2.75, 3.05) is 6.54 Å². The zero-order chi connectivity index (χ0) is 14.7. The summed E-state index contributed by atoms with van der Waals surface area (Å²) in [5.74, 6) is 0.433. The van der Waals surface area contributed by atoms with Crippen molar-refractivity contribution in [1.82, 2.24) is 20.0 Å². The van der Waals surface area contributed by atoms with Crippen LogP contribution in [0.25, 0.3) is 0 Å². The van der Waals surface area contributed by atoms with E-state index in [4.69, 9.17) is 16.1 Å². The van der Waals surface area contributed by atoms with Gasteiger partial charge in [0.2, 0.25) is 6.39 Å². The molecule has 1 fully saturated rings. The van der Waals surface area contributed by atoms with E-state index in [-0.39, 0.29) is 11.9 Å². The Morgan fingerprint density at radius 1 is 1.29 bits per heavy atom. The topological polar surface area (TPSA) is 72.1 Å². The van der Waals surface area contributed by atoms with Crippen molar-refractivity contribution < 1.29 is 9.32 Å². The molecular formula is C14H15ClN4O2. The molecule has 2 aromatic rings. The highest BCUT2D eigenvalue weighted by atomic mass is 35.5. The molecule has 110 valence electrons. The van der Waals surface area contributed by atoms with E-state index in [9.17, 15) is 4.79 Å². The zero-order valence-electron chi connectivity index (χ0n) is 11.4. The number of aromatic nitrogens is 3. The smallest absolute Gasteiger partial charge is 0.273 e. The van der Waals surface area contributed by atoms with E-state index in [1.807, 2.05) is 0 Å². The Labute approximate surface area is 127 Å². The summed E-state index contributed by atoms with van der Waals surface area (Å²) in [4.78, 5) is 22.7. The van der Waals surface area contributed by atoms with Crippen molar-refractivity contribution in [3.63, 3.8) is 0 Å². The van der Waals surface area contributed by atoms with Crippen LogP contribution in [0.1, 0.15) is 48.0 Å². The molecule has 2 aromatic heterocycles. The van der Waals surface area contributed by atoms with Gasteiger partial charge in [0, 0.05) is 12.7 Å². The molecular weight excluding hydrogens is 292 g/mol. The summed E-state index contributed by atoms with van der Waals surface area (Å²) < 4.78 is 4.83. The Hall–Kier alpha value is -1.95. The van der Waals surface area contributed by atoms with Gasteiger partial charge in [-0.15, -0.1) is 0 Å². The highest BCUT2D eigenvalue weighted by Gasteiger charge is 2.30. The first kappa shape index (κ1) is 14.0. The fourth-order valence-electron chi connectivity index (χ4n) is 2.59. The SMILES string of the molecule is O=C(c1ccc(Cl)cn1)N1CCCCCC1c1ncon1. The Morgan fingerprint density at radius 2 is 2.19 bits per heavy atom. The van der Waals surface area contributed by atoms with Crippen LogP contribution in [0.4, 0.5) is 0 Å². The van der Waals surface area contributed by atoms with Crippen LogP contribution in [-0.2, 0) is 0 Å². The Bertz CT molecular complexity index is 600. The van der Waals surface area contributed by atoms with Crippen LogP contribution >= 0.6 is 11.6 Å². The van der Waals surface area contributed by atoms with E-state index in [1.165, 1.54) is 12.6 Å². The van der Waals surface area contributed by atoms with Crippen molar-refractivity contribution in [2.24, 2.45) is 0 Å². The first-order valence-corrected chi connectivity index (χ1v) is 7.32. The maximum Gasteiger partial charge on any atom is 0.273 e. The monoisotopic (exact) mass is 306 g/mol. The van der Waals surface area contributed by atoms with Crippen LogP contribution in [0.3, 0.4) is 0 Å². The summed E-state index contributed by atoms with van der Waals surface area (Å²) in [7, 11) is 0. The lowest BCUT2D eigenvalue weighted by Gasteiger charge is -2.27. The largest absolute Gasteiger partial charge is 0.343 e. The zero-order valence-corrected chi connectivity index (χ0v) is 12.2. The van der Waals surface area contributed by atoms with Crippen molar-refractivity contribution >= 4 is 17.5 Å². The van der Waals surface area contributed by atoms with Gasteiger partial charge in [-0.05, 0) is 25.0 Å². The molecule has 1 aliphatic heterocycles. The molecule has 21 heavy (non-hydrogen) atoms. The molecule has 0 spiro atoms. The van der Waals surface area contributed by atoms with Gasteiger partial charge in [-0.3, -0.25) is 4.79 Å². The van der Waals surface area contributed by atoms with E-state index in [0.717, 1.165) is 25.7 Å². The Kier molecular flexibility index (Phi) is 4.15. The predicted molar refractivity (Wildman–Crippen MR) is 75.8 cm³/mol. The highest BCUT2D eigenvalue weighted by molar-refractivity contribution is 6.30. The first-order chi connectivity index (χ1) is 10.3. The van der Waals surface area contributed by atoms with E-state index in [1.54, 1.807) is 17.0 Å². The number of hydrogen-bond acceptors (Lipinski definition) is 5. The van der Waals surface area contributed by atoms with Gasteiger partial charge in [0.25, 0.3) is 5.91 Å². The van der Waals surface area contributed by atoms with Crippen molar-refractivity contribution in [1.29, 1.82) is 0 Å². The van der Waals surface area contributed by atoms with Gasteiger partial charge in [-0.1, -0.05) is 29.6 Å². The number of halogens is 1. The number of pyridine rings is 1. The van der Waals surface area contributed by atoms with Gasteiger partial charge >= 0.3 is 0 Å². The lowest BCUT2D eigenvalue weighted by atomic mass is 10.1. The third kappa shape index (κ3) is 3.05. The maximum atomic E-state index is 12.7. The number of carbonyl (C=O) groups is 1. The standard InChI is InChI=1S/C14H15ClN4O2/c15-10-5-6-11(16-8-10)14(20)19-7-3-1-2-4-12(19)13-17-9-21-18-13/h5-6,8-9,12H,1-4,7H2. The lowest BCUT2D eigenvalue weighted by Crippen LogP contribution is -2.35. The molecule has 0 bridgehead atoms. The maximum absolute atomic E-state index is 12.7. The molecule has 1 saturated heterocycles. The molecule has 1 aliphatic rings. The second-order valence-electron chi connectivity index (χ2n) is 5.01. The second kappa shape index (κ2) is 6.22. The number of hydrogen-bond donors (Lipinski definition) is 0. The Morgan fingerprint density at radius 3 is 2.90 bits per heavy atom. The normalized spacial score (nSPS) is 19.3. The molecule has 0 N–H and O–H groups in total. The molecule has 0 radical (unpaired) electrons. The van der Waals surface area contributed by atoms with E-state index < -0.39 is 0 Å². The van der Waals surface area contributed by atoms with Gasteiger partial charge in [0.15, 0.2) is 5.82 Å². The summed E-state index contributed by atoms with van der Waals surface area (Å²) in [6.45, 7) is 0.669. The molecule has 3 rings (SSSR count). The fraction of sp³-hybridized carbons (Fsp3) is 0.429. The van der Waals surface area contributed by atoms with Gasteiger partial charge in [-0.2, -0.15) is 4.98 Å². The highest BCUT2D eigenvalue weighted by Crippen LogP contribution is 2.29. The van der Waals surface area contributed by atoms with Crippen LogP contribution in [-0.4, -0.2) is 32.5 Å². The van der Waals surface area contributed by atoms with Crippen LogP contribution in [0, 0.1) is 0 Å². The van der Waals surface area contributed by atoms with E-state index in [2.05, 4.69) is 15.1 Å². The van der Waals surface area contributed by atoms with Gasteiger partial charge in [-0.25, -0.2) is 4.98 Å². The molecule has 1 atom stereocenters. The van der Waals surface area contributed by atoms with Gasteiger partial charge in [0.05, 0.1) is 11.1 Å². The summed E-state index contributed by atoms with van der Waals surface area (Å²) in [5, 5.41) is 4.41. The molecule has 0 aliphatic carbocycles. The fourth-order valence-corrected chi connectivity index (χ4v) is 2.71. The van der Waals surface area contributed by atoms with Gasteiger partial charge < -0.3 is 9.42 Å². The molecule has 1 amide bonds. The molecule has 0 saturated carbocycles. The number of carbonyl (C=O) groups excluding carboxylic acids is 1. The minimum absolute atomic E-state index is 0.122.